The van der Waals surface area contributed by atoms with Crippen molar-refractivity contribution in [1.29, 1.82) is 0 Å². The van der Waals surface area contributed by atoms with Crippen LogP contribution in [0.4, 0.5) is 0 Å². The molecule has 0 spiro atoms. The molecule has 2 heteroatoms. The third kappa shape index (κ3) is 19.5. The van der Waals surface area contributed by atoms with E-state index in [2.05, 4.69) is 52.1 Å². The predicted molar refractivity (Wildman–Crippen MR) is 107 cm³/mol. The summed E-state index contributed by atoms with van der Waals surface area (Å²) in [7, 11) is 0. The van der Waals surface area contributed by atoms with Crippen molar-refractivity contribution in [2.24, 2.45) is 0 Å². The maximum absolute atomic E-state index is 2.53. The Kier molecular flexibility index (Phi) is 18.9. The molecule has 0 aromatic carbocycles. The summed E-state index contributed by atoms with van der Waals surface area (Å²) in [6.45, 7) is 2.29. The van der Waals surface area contributed by atoms with Crippen molar-refractivity contribution in [3.63, 3.8) is 0 Å². The second-order valence-corrected chi connectivity index (χ2v) is 11.2. The van der Waals surface area contributed by atoms with Crippen LogP contribution in [0, 0.1) is 0 Å². The largest absolute Gasteiger partial charge is 0.0710 e. The van der Waals surface area contributed by atoms with Crippen molar-refractivity contribution in [1.82, 2.24) is 0 Å². The maximum Gasteiger partial charge on any atom is 0.0626 e. The third-order valence-electron chi connectivity index (χ3n) is 3.78. The molecule has 0 aliphatic carbocycles. The summed E-state index contributed by atoms with van der Waals surface area (Å²) in [5.41, 5.74) is 0. The molecular weight excluding hydrogens is 458 g/mol. The van der Waals surface area contributed by atoms with Crippen molar-refractivity contribution in [2.75, 3.05) is 0 Å². The molecule has 0 saturated carbocycles. The molecule has 0 N–H and O–H groups in total. The highest BCUT2D eigenvalue weighted by Gasteiger charge is 1.97. The van der Waals surface area contributed by atoms with Crippen molar-refractivity contribution in [3.8, 4) is 0 Å². The number of halogens is 2. The minimum Gasteiger partial charge on any atom is -0.0710 e. The van der Waals surface area contributed by atoms with Gasteiger partial charge in [-0.15, -0.1) is 0 Å². The molecule has 116 valence electrons. The van der Waals surface area contributed by atoms with E-state index in [1.807, 2.05) is 0 Å². The normalized spacial score (nSPS) is 11.4. The summed E-state index contributed by atoms with van der Waals surface area (Å²) in [6.07, 6.45) is 21.9. The highest BCUT2D eigenvalue weighted by molar-refractivity contribution is 14.2. The number of alkyl halides is 2. The molecule has 0 heterocycles. The van der Waals surface area contributed by atoms with Crippen molar-refractivity contribution in [3.05, 3.63) is 0 Å². The molecular formula is C17H34I2. The van der Waals surface area contributed by atoms with E-state index in [4.69, 9.17) is 0 Å². The lowest BCUT2D eigenvalue weighted by Crippen LogP contribution is -1.86. The van der Waals surface area contributed by atoms with Gasteiger partial charge in [-0.25, -0.2) is 0 Å². The molecule has 0 saturated heterocycles. The van der Waals surface area contributed by atoms with Crippen LogP contribution in [-0.4, -0.2) is 1.93 Å². The Hall–Kier alpha value is 1.46. The smallest absolute Gasteiger partial charge is 0.0626 e. The quantitative estimate of drug-likeness (QED) is 0.123. The van der Waals surface area contributed by atoms with E-state index in [1.165, 1.54) is 96.3 Å². The van der Waals surface area contributed by atoms with Crippen LogP contribution in [-0.2, 0) is 0 Å². The summed E-state index contributed by atoms with van der Waals surface area (Å²) in [5, 5.41) is 0. The van der Waals surface area contributed by atoms with Gasteiger partial charge in [0.05, 0.1) is 1.93 Å². The first-order valence-electron chi connectivity index (χ1n) is 8.55. The van der Waals surface area contributed by atoms with Crippen LogP contribution < -0.4 is 0 Å². The molecule has 0 fully saturated rings. The highest BCUT2D eigenvalue weighted by Crippen LogP contribution is 2.19. The van der Waals surface area contributed by atoms with Crippen LogP contribution in [0.15, 0.2) is 0 Å². The highest BCUT2D eigenvalue weighted by atomic mass is 127. The zero-order chi connectivity index (χ0) is 14.2. The fraction of sp³-hybridized carbons (Fsp3) is 1.00. The summed E-state index contributed by atoms with van der Waals surface area (Å²) in [6, 6.07) is 0. The van der Waals surface area contributed by atoms with Crippen LogP contribution >= 0.6 is 45.2 Å². The zero-order valence-electron chi connectivity index (χ0n) is 12.9. The first-order valence-corrected chi connectivity index (χ1v) is 11.0. The topological polar surface area (TPSA) is 0 Å². The molecule has 0 aliphatic rings. The minimum atomic E-state index is 0.840. The van der Waals surface area contributed by atoms with Gasteiger partial charge < -0.3 is 0 Å². The molecule has 0 unspecified atom stereocenters. The first-order chi connectivity index (χ1) is 9.27. The van der Waals surface area contributed by atoms with Gasteiger partial charge in [-0.05, 0) is 6.42 Å². The predicted octanol–water partition coefficient (Wildman–Crippen LogP) is 8.05. The summed E-state index contributed by atoms with van der Waals surface area (Å²) in [4.78, 5) is 0. The second-order valence-electron chi connectivity index (χ2n) is 5.78. The van der Waals surface area contributed by atoms with Crippen molar-refractivity contribution >= 4 is 45.2 Å². The molecule has 0 amide bonds. The summed E-state index contributed by atoms with van der Waals surface area (Å²) >= 11 is 5.05. The van der Waals surface area contributed by atoms with Crippen LogP contribution in [0.2, 0.25) is 0 Å². The molecule has 0 bridgehead atoms. The van der Waals surface area contributed by atoms with E-state index in [0.29, 0.717) is 0 Å². The molecule has 0 radical (unpaired) electrons. The molecule has 0 nitrogen and oxygen atoms in total. The lowest BCUT2D eigenvalue weighted by Gasteiger charge is -2.03. The Morgan fingerprint density at radius 1 is 0.526 bits per heavy atom. The SMILES string of the molecule is CCCCCCCCCCCCCCCCC(I)I. The molecule has 0 aliphatic heterocycles. The monoisotopic (exact) mass is 492 g/mol. The molecule has 0 aromatic rings. The van der Waals surface area contributed by atoms with Gasteiger partial charge in [0.25, 0.3) is 0 Å². The standard InChI is InChI=1S/C17H34I2/c1-2-3-4-5-6-7-8-9-10-11-12-13-14-15-16-17(18)19/h17H,2-16H2,1H3. The number of rotatable bonds is 15. The summed E-state index contributed by atoms with van der Waals surface area (Å²) < 4.78 is 0.840. The van der Waals surface area contributed by atoms with Gasteiger partial charge in [0.1, 0.15) is 0 Å². The van der Waals surface area contributed by atoms with Gasteiger partial charge in [-0.2, -0.15) is 0 Å². The van der Waals surface area contributed by atoms with E-state index >= 15 is 0 Å². The van der Waals surface area contributed by atoms with E-state index in [1.54, 1.807) is 0 Å². The number of hydrogen-bond donors (Lipinski definition) is 0. The van der Waals surface area contributed by atoms with Gasteiger partial charge in [0, 0.05) is 0 Å². The average Bonchev–Trinajstić information content (AvgIpc) is 2.39. The summed E-state index contributed by atoms with van der Waals surface area (Å²) in [5.74, 6) is 0. The van der Waals surface area contributed by atoms with Crippen LogP contribution in [0.1, 0.15) is 103 Å². The Morgan fingerprint density at radius 3 is 1.16 bits per heavy atom. The fourth-order valence-corrected chi connectivity index (χ4v) is 3.37. The Morgan fingerprint density at radius 2 is 0.842 bits per heavy atom. The number of hydrogen-bond acceptors (Lipinski definition) is 0. The minimum absolute atomic E-state index is 0.840. The molecule has 0 atom stereocenters. The van der Waals surface area contributed by atoms with E-state index in [0.717, 1.165) is 1.93 Å². The average molecular weight is 492 g/mol. The maximum atomic E-state index is 2.53. The van der Waals surface area contributed by atoms with Gasteiger partial charge in [0.15, 0.2) is 0 Å². The van der Waals surface area contributed by atoms with Gasteiger partial charge in [-0.3, -0.25) is 0 Å². The lowest BCUT2D eigenvalue weighted by atomic mass is 10.0. The van der Waals surface area contributed by atoms with Crippen molar-refractivity contribution < 1.29 is 0 Å². The third-order valence-corrected chi connectivity index (χ3v) is 5.02. The first kappa shape index (κ1) is 20.5. The zero-order valence-corrected chi connectivity index (χ0v) is 17.3. The van der Waals surface area contributed by atoms with E-state index in [-0.39, 0.29) is 0 Å². The van der Waals surface area contributed by atoms with Gasteiger partial charge in [0.2, 0.25) is 0 Å². The lowest BCUT2D eigenvalue weighted by molar-refractivity contribution is 0.535. The molecule has 0 aromatic heterocycles. The second kappa shape index (κ2) is 17.5. The number of unbranched alkanes of at least 4 members (excludes halogenated alkanes) is 13. The van der Waals surface area contributed by atoms with E-state index < -0.39 is 0 Å². The molecule has 19 heavy (non-hydrogen) atoms. The van der Waals surface area contributed by atoms with Gasteiger partial charge >= 0.3 is 0 Å². The van der Waals surface area contributed by atoms with Crippen LogP contribution in [0.5, 0.6) is 0 Å². The fourth-order valence-electron chi connectivity index (χ4n) is 2.49. The Balaban J connectivity index is 2.91. The van der Waals surface area contributed by atoms with Crippen molar-refractivity contribution in [2.45, 2.75) is 105 Å². The van der Waals surface area contributed by atoms with Crippen LogP contribution in [0.3, 0.4) is 0 Å². The Labute approximate surface area is 149 Å². The van der Waals surface area contributed by atoms with E-state index in [9.17, 15) is 0 Å². The Bertz CT molecular complexity index is 157. The van der Waals surface area contributed by atoms with Gasteiger partial charge in [-0.1, -0.05) is 142 Å². The molecule has 0 rings (SSSR count). The van der Waals surface area contributed by atoms with Crippen LogP contribution in [0.25, 0.3) is 0 Å².